The fourth-order valence-electron chi connectivity index (χ4n) is 6.38. The van der Waals surface area contributed by atoms with Crippen molar-refractivity contribution >= 4 is 5.78 Å². The molecule has 0 radical (unpaired) electrons. The second-order valence-electron chi connectivity index (χ2n) is 10.4. The molecule has 1 aromatic heterocycles. The number of rotatable bonds is 5. The van der Waals surface area contributed by atoms with E-state index in [0.717, 1.165) is 25.7 Å². The Labute approximate surface area is 180 Å². The molecule has 2 fully saturated rings. The second kappa shape index (κ2) is 8.36. The van der Waals surface area contributed by atoms with E-state index in [9.17, 15) is 14.7 Å². The highest BCUT2D eigenvalue weighted by atomic mass is 16.4. The van der Waals surface area contributed by atoms with Crippen molar-refractivity contribution in [2.45, 2.75) is 86.5 Å². The number of fused-ring (bicyclic) bond motifs is 1. The van der Waals surface area contributed by atoms with Crippen LogP contribution in [0.5, 0.6) is 5.75 Å². The molecule has 0 amide bonds. The standard InChI is InChI=1S/C26H38O4/c1-16(7-9-20-23(28)15-18(3)30-24(20)29)8-10-21-17(2)11-13-25(5)19(4)22(27)12-14-26(21,25)6/h7,15,17,19,21,28H,8-14H2,1-6H3/b16-7+/t17-,19-,21-,25-,26+/m0/s1. The quantitative estimate of drug-likeness (QED) is 0.602. The highest BCUT2D eigenvalue weighted by molar-refractivity contribution is 5.82. The maximum atomic E-state index is 12.5. The van der Waals surface area contributed by atoms with Crippen LogP contribution in [0.3, 0.4) is 0 Å². The number of aromatic hydroxyl groups is 1. The smallest absolute Gasteiger partial charge is 0.343 e. The van der Waals surface area contributed by atoms with Crippen LogP contribution in [0, 0.1) is 35.5 Å². The van der Waals surface area contributed by atoms with Gasteiger partial charge in [0.2, 0.25) is 0 Å². The molecule has 1 aromatic rings. The Morgan fingerprint density at radius 3 is 2.60 bits per heavy atom. The Balaban J connectivity index is 1.73. The second-order valence-corrected chi connectivity index (χ2v) is 10.4. The zero-order valence-corrected chi connectivity index (χ0v) is 19.5. The first kappa shape index (κ1) is 22.8. The van der Waals surface area contributed by atoms with Crippen LogP contribution < -0.4 is 5.63 Å². The number of carbonyl (C=O) groups excluding carboxylic acids is 1. The molecule has 5 atom stereocenters. The molecule has 0 aliphatic heterocycles. The van der Waals surface area contributed by atoms with Gasteiger partial charge in [0, 0.05) is 24.8 Å². The van der Waals surface area contributed by atoms with Gasteiger partial charge in [0.25, 0.3) is 0 Å². The topological polar surface area (TPSA) is 67.5 Å². The molecule has 3 rings (SSSR count). The Morgan fingerprint density at radius 2 is 1.93 bits per heavy atom. The van der Waals surface area contributed by atoms with Crippen molar-refractivity contribution in [3.05, 3.63) is 39.5 Å². The fourth-order valence-corrected chi connectivity index (χ4v) is 6.38. The van der Waals surface area contributed by atoms with Crippen LogP contribution in [-0.2, 0) is 11.2 Å². The fraction of sp³-hybridized carbons (Fsp3) is 0.692. The van der Waals surface area contributed by atoms with Crippen LogP contribution in [-0.4, -0.2) is 10.9 Å². The molecule has 1 N–H and O–H groups in total. The van der Waals surface area contributed by atoms with Gasteiger partial charge in [-0.3, -0.25) is 4.79 Å². The summed E-state index contributed by atoms with van der Waals surface area (Å²) >= 11 is 0. The summed E-state index contributed by atoms with van der Waals surface area (Å²) in [7, 11) is 0. The molecule has 166 valence electrons. The van der Waals surface area contributed by atoms with Crippen molar-refractivity contribution in [1.29, 1.82) is 0 Å². The number of carbonyl (C=O) groups is 1. The predicted octanol–water partition coefficient (Wildman–Crippen LogP) is 5.98. The van der Waals surface area contributed by atoms with Gasteiger partial charge < -0.3 is 9.52 Å². The van der Waals surface area contributed by atoms with E-state index in [0.29, 0.717) is 41.8 Å². The first-order valence-electron chi connectivity index (χ1n) is 11.5. The minimum atomic E-state index is -0.457. The molecule has 0 spiro atoms. The van der Waals surface area contributed by atoms with Crippen molar-refractivity contribution in [3.63, 3.8) is 0 Å². The third-order valence-electron chi connectivity index (χ3n) is 8.91. The number of hydrogen-bond donors (Lipinski definition) is 1. The van der Waals surface area contributed by atoms with Gasteiger partial charge in [-0.2, -0.15) is 0 Å². The van der Waals surface area contributed by atoms with Crippen molar-refractivity contribution in [1.82, 2.24) is 0 Å². The summed E-state index contributed by atoms with van der Waals surface area (Å²) < 4.78 is 5.12. The Bertz CT molecular complexity index is 895. The van der Waals surface area contributed by atoms with Crippen LogP contribution in [0.25, 0.3) is 0 Å². The Kier molecular flexibility index (Phi) is 6.36. The van der Waals surface area contributed by atoms with E-state index in [4.69, 9.17) is 4.42 Å². The molecular formula is C26H38O4. The SMILES string of the molecule is C/C(=C\Cc1c(O)cc(C)oc1=O)CC[C@H]1[C@@H](C)CC[C@@]2(C)[C@@H](C)C(=O)CC[C@]12C. The Hall–Kier alpha value is -1.84. The normalized spacial score (nSPS) is 34.7. The molecule has 0 unspecified atom stereocenters. The summed E-state index contributed by atoms with van der Waals surface area (Å²) in [4.78, 5) is 24.5. The summed E-state index contributed by atoms with van der Waals surface area (Å²) in [6.45, 7) is 13.1. The van der Waals surface area contributed by atoms with E-state index in [2.05, 4.69) is 34.6 Å². The Morgan fingerprint density at radius 1 is 1.23 bits per heavy atom. The molecule has 0 saturated heterocycles. The minimum absolute atomic E-state index is 0.0119. The molecule has 2 aliphatic rings. The van der Waals surface area contributed by atoms with Crippen LogP contribution in [0.1, 0.15) is 84.5 Å². The summed E-state index contributed by atoms with van der Waals surface area (Å²) in [5, 5.41) is 10.1. The zero-order valence-electron chi connectivity index (χ0n) is 19.5. The van der Waals surface area contributed by atoms with Crippen LogP contribution in [0.2, 0.25) is 0 Å². The summed E-state index contributed by atoms with van der Waals surface area (Å²) in [5.74, 6) is 2.27. The van der Waals surface area contributed by atoms with Crippen LogP contribution >= 0.6 is 0 Å². The van der Waals surface area contributed by atoms with Crippen LogP contribution in [0.4, 0.5) is 0 Å². The van der Waals surface area contributed by atoms with Gasteiger partial charge in [-0.15, -0.1) is 0 Å². The molecule has 0 aromatic carbocycles. The lowest BCUT2D eigenvalue weighted by molar-refractivity contribution is -0.158. The molecule has 30 heavy (non-hydrogen) atoms. The van der Waals surface area contributed by atoms with Crippen LogP contribution in [0.15, 0.2) is 26.9 Å². The highest BCUT2D eigenvalue weighted by Crippen LogP contribution is 2.64. The third-order valence-corrected chi connectivity index (χ3v) is 8.91. The molecule has 2 saturated carbocycles. The number of Topliss-reactive ketones (excluding diaryl/α,β-unsaturated/α-hetero) is 1. The van der Waals surface area contributed by atoms with Crippen molar-refractivity contribution in [3.8, 4) is 5.75 Å². The van der Waals surface area contributed by atoms with Crippen molar-refractivity contribution in [2.75, 3.05) is 0 Å². The monoisotopic (exact) mass is 414 g/mol. The molecule has 1 heterocycles. The first-order chi connectivity index (χ1) is 14.0. The van der Waals surface area contributed by atoms with Gasteiger partial charge in [0.05, 0.1) is 5.56 Å². The lowest BCUT2D eigenvalue weighted by Crippen LogP contribution is -2.57. The van der Waals surface area contributed by atoms with Gasteiger partial charge >= 0.3 is 5.63 Å². The highest BCUT2D eigenvalue weighted by Gasteiger charge is 2.58. The van der Waals surface area contributed by atoms with E-state index in [-0.39, 0.29) is 22.5 Å². The van der Waals surface area contributed by atoms with Crippen molar-refractivity contribution < 1.29 is 14.3 Å². The lowest BCUT2D eigenvalue weighted by atomic mass is 9.42. The largest absolute Gasteiger partial charge is 0.507 e. The van der Waals surface area contributed by atoms with Gasteiger partial charge in [-0.1, -0.05) is 39.3 Å². The molecule has 4 nitrogen and oxygen atoms in total. The summed E-state index contributed by atoms with van der Waals surface area (Å²) in [6, 6.07) is 1.50. The van der Waals surface area contributed by atoms with Gasteiger partial charge in [0.15, 0.2) is 0 Å². The van der Waals surface area contributed by atoms with Gasteiger partial charge in [0.1, 0.15) is 17.3 Å². The predicted molar refractivity (Wildman–Crippen MR) is 120 cm³/mol. The van der Waals surface area contributed by atoms with Crippen molar-refractivity contribution in [2.24, 2.45) is 28.6 Å². The molecular weight excluding hydrogens is 376 g/mol. The van der Waals surface area contributed by atoms with E-state index >= 15 is 0 Å². The van der Waals surface area contributed by atoms with Gasteiger partial charge in [-0.05, 0) is 68.6 Å². The summed E-state index contributed by atoms with van der Waals surface area (Å²) in [6.07, 6.45) is 8.56. The van der Waals surface area contributed by atoms with E-state index in [1.165, 1.54) is 18.1 Å². The van der Waals surface area contributed by atoms with E-state index < -0.39 is 5.63 Å². The first-order valence-corrected chi connectivity index (χ1v) is 11.5. The van der Waals surface area contributed by atoms with Gasteiger partial charge in [-0.25, -0.2) is 4.79 Å². The molecule has 0 bridgehead atoms. The van der Waals surface area contributed by atoms with E-state index in [1.54, 1.807) is 6.92 Å². The number of allylic oxidation sites excluding steroid dienone is 2. The number of ketones is 1. The number of aryl methyl sites for hydroxylation is 1. The third kappa shape index (κ3) is 3.90. The maximum Gasteiger partial charge on any atom is 0.343 e. The average Bonchev–Trinajstić information content (AvgIpc) is 2.66. The average molecular weight is 415 g/mol. The maximum absolute atomic E-state index is 12.5. The number of hydrogen-bond acceptors (Lipinski definition) is 4. The lowest BCUT2D eigenvalue weighted by Gasteiger charge is -2.61. The molecule has 4 heteroatoms. The molecule has 2 aliphatic carbocycles. The minimum Gasteiger partial charge on any atom is -0.507 e. The van der Waals surface area contributed by atoms with E-state index in [1.807, 2.05) is 6.08 Å². The zero-order chi connectivity index (χ0) is 22.3. The summed E-state index contributed by atoms with van der Waals surface area (Å²) in [5.41, 5.74) is 1.38.